The van der Waals surface area contributed by atoms with Crippen LogP contribution >= 0.6 is 0 Å². The minimum atomic E-state index is 0.227. The van der Waals surface area contributed by atoms with Gasteiger partial charge in [0, 0.05) is 18.1 Å². The monoisotopic (exact) mass is 212 g/mol. The van der Waals surface area contributed by atoms with Crippen LogP contribution in [0.25, 0.3) is 0 Å². The molecule has 0 heterocycles. The Hall–Kier alpha value is -0.0800. The zero-order chi connectivity index (χ0) is 11.1. The van der Waals surface area contributed by atoms with Crippen molar-refractivity contribution in [1.82, 2.24) is 5.32 Å². The minimum Gasteiger partial charge on any atom is -0.329 e. The number of nitrogens with two attached hydrogens (primary N) is 1. The van der Waals surface area contributed by atoms with Crippen LogP contribution in [0.4, 0.5) is 0 Å². The van der Waals surface area contributed by atoms with Crippen LogP contribution in [-0.2, 0) is 0 Å². The molecule has 0 radical (unpaired) electrons. The van der Waals surface area contributed by atoms with Crippen molar-refractivity contribution in [3.8, 4) is 0 Å². The molecule has 0 amide bonds. The fraction of sp³-hybridized carbons (Fsp3) is 1.00. The third-order valence-electron chi connectivity index (χ3n) is 3.94. The Balaban J connectivity index is 2.45. The van der Waals surface area contributed by atoms with Crippen molar-refractivity contribution >= 4 is 0 Å². The summed E-state index contributed by atoms with van der Waals surface area (Å²) >= 11 is 0. The Morgan fingerprint density at radius 3 is 2.40 bits per heavy atom. The fourth-order valence-corrected chi connectivity index (χ4v) is 2.67. The molecule has 0 aromatic rings. The Kier molecular flexibility index (Phi) is 5.62. The van der Waals surface area contributed by atoms with Crippen LogP contribution in [0.1, 0.15) is 65.2 Å². The molecule has 0 bridgehead atoms. The second-order valence-corrected chi connectivity index (χ2v) is 5.07. The molecule has 1 aliphatic rings. The van der Waals surface area contributed by atoms with Crippen molar-refractivity contribution in [3.63, 3.8) is 0 Å². The van der Waals surface area contributed by atoms with Crippen molar-refractivity contribution in [2.75, 3.05) is 6.54 Å². The van der Waals surface area contributed by atoms with Gasteiger partial charge in [-0.1, -0.05) is 39.5 Å². The summed E-state index contributed by atoms with van der Waals surface area (Å²) < 4.78 is 0. The molecule has 1 atom stereocenters. The topological polar surface area (TPSA) is 38.0 Å². The maximum absolute atomic E-state index is 5.97. The lowest BCUT2D eigenvalue weighted by molar-refractivity contribution is 0.257. The first-order valence-corrected chi connectivity index (χ1v) is 6.74. The van der Waals surface area contributed by atoms with Crippen LogP contribution in [0.3, 0.4) is 0 Å². The maximum Gasteiger partial charge on any atom is 0.0303 e. The largest absolute Gasteiger partial charge is 0.329 e. The Bertz CT molecular complexity index is 158. The third-order valence-corrected chi connectivity index (χ3v) is 3.94. The van der Waals surface area contributed by atoms with Crippen LogP contribution in [0.2, 0.25) is 0 Å². The highest BCUT2D eigenvalue weighted by Crippen LogP contribution is 2.24. The predicted octanol–water partition coefficient (Wildman–Crippen LogP) is 2.82. The van der Waals surface area contributed by atoms with Gasteiger partial charge in [0.25, 0.3) is 0 Å². The molecule has 0 aromatic carbocycles. The average Bonchev–Trinajstić information content (AvgIpc) is 2.77. The van der Waals surface area contributed by atoms with E-state index in [1.165, 1.54) is 51.4 Å². The van der Waals surface area contributed by atoms with Crippen LogP contribution in [0.5, 0.6) is 0 Å². The lowest BCUT2D eigenvalue weighted by atomic mass is 9.88. The molecule has 1 unspecified atom stereocenters. The number of nitrogens with one attached hydrogen (secondary N) is 1. The van der Waals surface area contributed by atoms with E-state index in [4.69, 9.17) is 5.73 Å². The molecule has 1 aliphatic carbocycles. The summed E-state index contributed by atoms with van der Waals surface area (Å²) in [4.78, 5) is 0. The molecule has 2 heteroatoms. The van der Waals surface area contributed by atoms with Gasteiger partial charge in [0.2, 0.25) is 0 Å². The normalized spacial score (nSPS) is 21.8. The zero-order valence-electron chi connectivity index (χ0n) is 10.5. The molecule has 1 fully saturated rings. The van der Waals surface area contributed by atoms with Gasteiger partial charge < -0.3 is 11.1 Å². The van der Waals surface area contributed by atoms with E-state index in [2.05, 4.69) is 19.2 Å². The van der Waals surface area contributed by atoms with E-state index in [0.717, 1.165) is 12.6 Å². The number of hydrogen-bond acceptors (Lipinski definition) is 2. The quantitative estimate of drug-likeness (QED) is 0.681. The average molecular weight is 212 g/mol. The van der Waals surface area contributed by atoms with Crippen molar-refractivity contribution in [3.05, 3.63) is 0 Å². The van der Waals surface area contributed by atoms with Crippen LogP contribution in [0.15, 0.2) is 0 Å². The second kappa shape index (κ2) is 6.49. The number of rotatable bonds is 7. The van der Waals surface area contributed by atoms with Gasteiger partial charge in [-0.2, -0.15) is 0 Å². The SMILES string of the molecule is CCCCC(CC)(CN)NC1CCCC1. The maximum atomic E-state index is 5.97. The first-order valence-electron chi connectivity index (χ1n) is 6.74. The number of hydrogen-bond donors (Lipinski definition) is 2. The van der Waals surface area contributed by atoms with E-state index in [0.29, 0.717) is 0 Å². The van der Waals surface area contributed by atoms with Crippen molar-refractivity contribution < 1.29 is 0 Å². The highest BCUT2D eigenvalue weighted by molar-refractivity contribution is 4.92. The van der Waals surface area contributed by atoms with Gasteiger partial charge >= 0.3 is 0 Å². The van der Waals surface area contributed by atoms with Crippen molar-refractivity contribution in [2.24, 2.45) is 5.73 Å². The lowest BCUT2D eigenvalue weighted by Crippen LogP contribution is -2.54. The lowest BCUT2D eigenvalue weighted by Gasteiger charge is -2.36. The van der Waals surface area contributed by atoms with Gasteiger partial charge in [-0.3, -0.25) is 0 Å². The molecule has 1 rings (SSSR count). The second-order valence-electron chi connectivity index (χ2n) is 5.07. The highest BCUT2D eigenvalue weighted by Gasteiger charge is 2.29. The molecule has 15 heavy (non-hydrogen) atoms. The Morgan fingerprint density at radius 2 is 1.93 bits per heavy atom. The molecule has 0 aromatic heterocycles. The van der Waals surface area contributed by atoms with Gasteiger partial charge in [-0.25, -0.2) is 0 Å². The van der Waals surface area contributed by atoms with E-state index in [-0.39, 0.29) is 5.54 Å². The predicted molar refractivity (Wildman–Crippen MR) is 67.0 cm³/mol. The molecule has 3 N–H and O–H groups in total. The molecule has 0 saturated heterocycles. The van der Waals surface area contributed by atoms with E-state index >= 15 is 0 Å². The fourth-order valence-electron chi connectivity index (χ4n) is 2.67. The smallest absolute Gasteiger partial charge is 0.0303 e. The highest BCUT2D eigenvalue weighted by atomic mass is 15.0. The number of unbranched alkanes of at least 4 members (excludes halogenated alkanes) is 1. The molecule has 0 aliphatic heterocycles. The summed E-state index contributed by atoms with van der Waals surface area (Å²) in [5.74, 6) is 0. The molecular formula is C13H28N2. The van der Waals surface area contributed by atoms with Gasteiger partial charge in [0.1, 0.15) is 0 Å². The first kappa shape index (κ1) is 13.0. The van der Waals surface area contributed by atoms with E-state index in [1.807, 2.05) is 0 Å². The molecule has 0 spiro atoms. The summed E-state index contributed by atoms with van der Waals surface area (Å²) in [6.07, 6.45) is 10.5. The molecule has 90 valence electrons. The molecule has 2 nitrogen and oxygen atoms in total. The van der Waals surface area contributed by atoms with Crippen molar-refractivity contribution in [2.45, 2.75) is 76.8 Å². The Morgan fingerprint density at radius 1 is 1.27 bits per heavy atom. The van der Waals surface area contributed by atoms with Gasteiger partial charge in [-0.15, -0.1) is 0 Å². The van der Waals surface area contributed by atoms with Gasteiger partial charge in [0.15, 0.2) is 0 Å². The van der Waals surface area contributed by atoms with Crippen LogP contribution in [-0.4, -0.2) is 18.1 Å². The van der Waals surface area contributed by atoms with E-state index in [1.54, 1.807) is 0 Å². The van der Waals surface area contributed by atoms with Crippen LogP contribution in [0, 0.1) is 0 Å². The van der Waals surface area contributed by atoms with Gasteiger partial charge in [0.05, 0.1) is 0 Å². The summed E-state index contributed by atoms with van der Waals surface area (Å²) in [5.41, 5.74) is 6.20. The van der Waals surface area contributed by atoms with Crippen LogP contribution < -0.4 is 11.1 Å². The minimum absolute atomic E-state index is 0.227. The van der Waals surface area contributed by atoms with Crippen molar-refractivity contribution in [1.29, 1.82) is 0 Å². The molecule has 1 saturated carbocycles. The summed E-state index contributed by atoms with van der Waals surface area (Å²) in [6, 6.07) is 0.741. The van der Waals surface area contributed by atoms with E-state index in [9.17, 15) is 0 Å². The summed E-state index contributed by atoms with van der Waals surface area (Å²) in [7, 11) is 0. The summed E-state index contributed by atoms with van der Waals surface area (Å²) in [6.45, 7) is 5.32. The Labute approximate surface area is 95.0 Å². The standard InChI is InChI=1S/C13H28N2/c1-3-5-10-13(4-2,11-14)15-12-8-6-7-9-12/h12,15H,3-11,14H2,1-2H3. The van der Waals surface area contributed by atoms with Gasteiger partial charge in [-0.05, 0) is 25.7 Å². The zero-order valence-corrected chi connectivity index (χ0v) is 10.5. The molecular weight excluding hydrogens is 184 g/mol. The van der Waals surface area contributed by atoms with E-state index < -0.39 is 0 Å². The third kappa shape index (κ3) is 3.76. The summed E-state index contributed by atoms with van der Waals surface area (Å²) in [5, 5.41) is 3.84. The first-order chi connectivity index (χ1) is 7.26.